The first-order valence-corrected chi connectivity index (χ1v) is 9.51. The maximum absolute atomic E-state index is 12.9. The van der Waals surface area contributed by atoms with Crippen molar-refractivity contribution < 1.29 is 12.8 Å². The summed E-state index contributed by atoms with van der Waals surface area (Å²) in [6.45, 7) is 0.449. The van der Waals surface area contributed by atoms with E-state index in [1.165, 1.54) is 12.1 Å². The molecule has 0 aliphatic carbocycles. The van der Waals surface area contributed by atoms with Gasteiger partial charge in [0.1, 0.15) is 11.6 Å². The van der Waals surface area contributed by atoms with Gasteiger partial charge in [-0.25, -0.2) is 17.5 Å². The van der Waals surface area contributed by atoms with Crippen LogP contribution in [0.3, 0.4) is 0 Å². The van der Waals surface area contributed by atoms with Crippen LogP contribution in [-0.4, -0.2) is 36.7 Å². The van der Waals surface area contributed by atoms with E-state index in [9.17, 15) is 12.8 Å². The Kier molecular flexibility index (Phi) is 5.89. The fraction of sp³-hybridized carbons (Fsp3) is 0.118. The molecule has 0 atom stereocenters. The molecule has 0 bridgehead atoms. The highest BCUT2D eigenvalue weighted by Gasteiger charge is 2.12. The van der Waals surface area contributed by atoms with Gasteiger partial charge in [0.05, 0.1) is 4.90 Å². The number of halogens is 1. The molecule has 3 aromatic rings. The maximum atomic E-state index is 12.9. The van der Waals surface area contributed by atoms with Crippen LogP contribution in [0.25, 0.3) is 0 Å². The number of nitrogens with one attached hydrogen (secondary N) is 3. The molecule has 0 aliphatic rings. The summed E-state index contributed by atoms with van der Waals surface area (Å²) < 4.78 is 39.4. The molecule has 8 nitrogen and oxygen atoms in total. The first kappa shape index (κ1) is 18.7. The average Bonchev–Trinajstić information content (AvgIpc) is 2.68. The van der Waals surface area contributed by atoms with Gasteiger partial charge in [0.15, 0.2) is 5.82 Å². The highest BCUT2D eigenvalue weighted by Crippen LogP contribution is 2.13. The van der Waals surface area contributed by atoms with Crippen LogP contribution in [-0.2, 0) is 10.0 Å². The molecule has 0 radical (unpaired) electrons. The Bertz CT molecular complexity index is 967. The first-order chi connectivity index (χ1) is 13.0. The number of nitrogens with zero attached hydrogens (tertiary/aromatic N) is 3. The van der Waals surface area contributed by atoms with E-state index in [2.05, 4.69) is 30.5 Å². The minimum absolute atomic E-state index is 0.00947. The van der Waals surface area contributed by atoms with Crippen LogP contribution in [0.4, 0.5) is 21.7 Å². The van der Waals surface area contributed by atoms with Gasteiger partial charge in [0.25, 0.3) is 0 Å². The Hall–Kier alpha value is -3.11. The van der Waals surface area contributed by atoms with Gasteiger partial charge in [0.2, 0.25) is 10.0 Å². The molecule has 0 spiro atoms. The standard InChI is InChI=1S/C17H17FN6O2S/c18-13-1-3-15(4-2-13)27(25,26)21-12-11-20-16-5-6-17(24-23-16)22-14-7-9-19-10-8-14/h1-10,21H,11-12H2,(H,20,23)(H,19,22,24). The molecule has 10 heteroatoms. The van der Waals surface area contributed by atoms with Crippen molar-refractivity contribution in [3.05, 3.63) is 66.7 Å². The summed E-state index contributed by atoms with van der Waals surface area (Å²) in [6.07, 6.45) is 3.33. The molecular weight excluding hydrogens is 371 g/mol. The average molecular weight is 388 g/mol. The van der Waals surface area contributed by atoms with Gasteiger partial charge in [0, 0.05) is 31.2 Å². The Morgan fingerprint density at radius 3 is 2.19 bits per heavy atom. The lowest BCUT2D eigenvalue weighted by atomic mass is 10.4. The van der Waals surface area contributed by atoms with Crippen LogP contribution in [0.15, 0.2) is 65.8 Å². The van der Waals surface area contributed by atoms with E-state index in [4.69, 9.17) is 0 Å². The zero-order chi connectivity index (χ0) is 19.1. The van der Waals surface area contributed by atoms with E-state index < -0.39 is 15.8 Å². The quantitative estimate of drug-likeness (QED) is 0.507. The second kappa shape index (κ2) is 8.52. The lowest BCUT2D eigenvalue weighted by Gasteiger charge is -2.09. The number of pyridine rings is 1. The molecule has 2 aromatic heterocycles. The van der Waals surface area contributed by atoms with Crippen LogP contribution in [0.5, 0.6) is 0 Å². The van der Waals surface area contributed by atoms with E-state index in [1.807, 2.05) is 0 Å². The molecule has 0 saturated heterocycles. The van der Waals surface area contributed by atoms with Crippen molar-refractivity contribution in [1.82, 2.24) is 19.9 Å². The molecule has 3 N–H and O–H groups in total. The third kappa shape index (κ3) is 5.43. The number of hydrogen-bond acceptors (Lipinski definition) is 7. The molecule has 0 unspecified atom stereocenters. The van der Waals surface area contributed by atoms with Gasteiger partial charge in [-0.2, -0.15) is 0 Å². The van der Waals surface area contributed by atoms with Crippen LogP contribution in [0, 0.1) is 5.82 Å². The summed E-state index contributed by atoms with van der Waals surface area (Å²) in [6, 6.07) is 11.7. The van der Waals surface area contributed by atoms with Gasteiger partial charge in [-0.3, -0.25) is 4.98 Å². The molecule has 0 amide bonds. The summed E-state index contributed by atoms with van der Waals surface area (Å²) in [5.74, 6) is 0.594. The summed E-state index contributed by atoms with van der Waals surface area (Å²) in [5, 5.41) is 14.1. The summed E-state index contributed by atoms with van der Waals surface area (Å²) in [7, 11) is -3.68. The van der Waals surface area contributed by atoms with Crippen molar-refractivity contribution in [3.63, 3.8) is 0 Å². The Labute approximate surface area is 155 Å². The van der Waals surface area contributed by atoms with Gasteiger partial charge in [-0.05, 0) is 48.5 Å². The fourth-order valence-electron chi connectivity index (χ4n) is 2.15. The van der Waals surface area contributed by atoms with Gasteiger partial charge in [-0.15, -0.1) is 10.2 Å². The lowest BCUT2D eigenvalue weighted by Crippen LogP contribution is -2.29. The third-order valence-corrected chi connectivity index (χ3v) is 4.94. The smallest absolute Gasteiger partial charge is 0.240 e. The number of rotatable bonds is 8. The number of aromatic nitrogens is 3. The minimum Gasteiger partial charge on any atom is -0.367 e. The number of benzene rings is 1. The molecule has 2 heterocycles. The van der Waals surface area contributed by atoms with E-state index >= 15 is 0 Å². The van der Waals surface area contributed by atoms with Crippen molar-refractivity contribution in [2.75, 3.05) is 23.7 Å². The summed E-state index contributed by atoms with van der Waals surface area (Å²) in [4.78, 5) is 3.94. The van der Waals surface area contributed by atoms with Gasteiger partial charge >= 0.3 is 0 Å². The van der Waals surface area contributed by atoms with Gasteiger partial charge < -0.3 is 10.6 Å². The first-order valence-electron chi connectivity index (χ1n) is 8.03. The molecule has 0 saturated carbocycles. The molecule has 3 rings (SSSR count). The Morgan fingerprint density at radius 2 is 1.52 bits per heavy atom. The van der Waals surface area contributed by atoms with Crippen LogP contribution < -0.4 is 15.4 Å². The number of hydrogen-bond donors (Lipinski definition) is 3. The van der Waals surface area contributed by atoms with Crippen molar-refractivity contribution in [1.29, 1.82) is 0 Å². The van der Waals surface area contributed by atoms with Crippen molar-refractivity contribution in [2.45, 2.75) is 4.90 Å². The Morgan fingerprint density at radius 1 is 0.852 bits per heavy atom. The van der Waals surface area contributed by atoms with Crippen LogP contribution >= 0.6 is 0 Å². The van der Waals surface area contributed by atoms with E-state index in [-0.39, 0.29) is 11.4 Å². The molecule has 1 aromatic carbocycles. The van der Waals surface area contributed by atoms with E-state index in [0.29, 0.717) is 18.2 Å². The number of sulfonamides is 1. The SMILES string of the molecule is O=S(=O)(NCCNc1ccc(Nc2ccncc2)nn1)c1ccc(F)cc1. The normalized spacial score (nSPS) is 11.1. The molecule has 27 heavy (non-hydrogen) atoms. The van der Waals surface area contributed by atoms with Crippen LogP contribution in [0.2, 0.25) is 0 Å². The molecule has 0 aliphatic heterocycles. The van der Waals surface area contributed by atoms with Crippen molar-refractivity contribution in [3.8, 4) is 0 Å². The van der Waals surface area contributed by atoms with Crippen molar-refractivity contribution >= 4 is 27.3 Å². The molecule has 0 fully saturated rings. The number of anilines is 3. The summed E-state index contributed by atoms with van der Waals surface area (Å²) >= 11 is 0. The Balaban J connectivity index is 1.47. The lowest BCUT2D eigenvalue weighted by molar-refractivity contribution is 0.582. The molecule has 140 valence electrons. The second-order valence-electron chi connectivity index (χ2n) is 5.44. The van der Waals surface area contributed by atoms with E-state index in [0.717, 1.165) is 17.8 Å². The van der Waals surface area contributed by atoms with E-state index in [1.54, 1.807) is 36.7 Å². The minimum atomic E-state index is -3.68. The summed E-state index contributed by atoms with van der Waals surface area (Å²) in [5.41, 5.74) is 0.843. The zero-order valence-corrected chi connectivity index (χ0v) is 14.9. The van der Waals surface area contributed by atoms with Crippen LogP contribution in [0.1, 0.15) is 0 Å². The third-order valence-electron chi connectivity index (χ3n) is 3.46. The fourth-order valence-corrected chi connectivity index (χ4v) is 3.18. The predicted octanol–water partition coefficient (Wildman–Crippen LogP) is 2.14. The largest absolute Gasteiger partial charge is 0.367 e. The molecular formula is C17H17FN6O2S. The second-order valence-corrected chi connectivity index (χ2v) is 7.21. The zero-order valence-electron chi connectivity index (χ0n) is 14.1. The predicted molar refractivity (Wildman–Crippen MR) is 99.6 cm³/mol. The maximum Gasteiger partial charge on any atom is 0.240 e. The topological polar surface area (TPSA) is 109 Å². The van der Waals surface area contributed by atoms with Gasteiger partial charge in [-0.1, -0.05) is 0 Å². The highest BCUT2D eigenvalue weighted by molar-refractivity contribution is 7.89. The monoisotopic (exact) mass is 388 g/mol. The highest BCUT2D eigenvalue weighted by atomic mass is 32.2. The van der Waals surface area contributed by atoms with Crippen molar-refractivity contribution in [2.24, 2.45) is 0 Å².